The van der Waals surface area contributed by atoms with Crippen molar-refractivity contribution < 1.29 is 9.53 Å². The number of para-hydroxylation sites is 1. The molecule has 2 atom stereocenters. The number of carbonyl (C=O) groups excluding carboxylic acids is 1. The fourth-order valence-electron chi connectivity index (χ4n) is 4.36. The molecule has 6 heteroatoms. The van der Waals surface area contributed by atoms with Gasteiger partial charge in [-0.2, -0.15) is 5.10 Å². The number of carbonyl (C=O) groups is 1. The molecular weight excluding hydrogens is 388 g/mol. The highest BCUT2D eigenvalue weighted by Crippen LogP contribution is 2.36. The Morgan fingerprint density at radius 1 is 1.13 bits per heavy atom. The Bertz CT molecular complexity index is 1000. The van der Waals surface area contributed by atoms with Gasteiger partial charge in [-0.15, -0.1) is 0 Å². The number of rotatable bonds is 9. The van der Waals surface area contributed by atoms with Crippen molar-refractivity contribution in [3.05, 3.63) is 83.7 Å². The average Bonchev–Trinajstić information content (AvgIpc) is 3.34. The lowest BCUT2D eigenvalue weighted by Gasteiger charge is -2.24. The summed E-state index contributed by atoms with van der Waals surface area (Å²) in [6.45, 7) is 4.83. The quantitative estimate of drug-likeness (QED) is 0.576. The van der Waals surface area contributed by atoms with Gasteiger partial charge in [0.05, 0.1) is 25.4 Å². The van der Waals surface area contributed by atoms with Gasteiger partial charge in [0, 0.05) is 49.8 Å². The number of nitrogens with one attached hydrogen (secondary N) is 1. The summed E-state index contributed by atoms with van der Waals surface area (Å²) in [5.41, 5.74) is 3.43. The van der Waals surface area contributed by atoms with Gasteiger partial charge < -0.3 is 15.0 Å². The zero-order valence-corrected chi connectivity index (χ0v) is 18.2. The molecule has 3 aromatic rings. The van der Waals surface area contributed by atoms with Gasteiger partial charge in [-0.05, 0) is 18.6 Å². The fraction of sp³-hybridized carbons (Fsp3) is 0.360. The third kappa shape index (κ3) is 4.97. The normalized spacial score (nSPS) is 18.5. The van der Waals surface area contributed by atoms with E-state index in [0.29, 0.717) is 19.6 Å². The third-order valence-electron chi connectivity index (χ3n) is 5.87. The monoisotopic (exact) mass is 418 g/mol. The van der Waals surface area contributed by atoms with E-state index in [4.69, 9.17) is 4.74 Å². The second kappa shape index (κ2) is 9.79. The van der Waals surface area contributed by atoms with Crippen LogP contribution in [0.2, 0.25) is 0 Å². The lowest BCUT2D eigenvalue weighted by Crippen LogP contribution is -2.29. The van der Waals surface area contributed by atoms with E-state index in [1.807, 2.05) is 66.1 Å². The standard InChI is InChI=1S/C25H30N4O2/c1-3-31-23-12-8-7-11-20(23)14-26-15-21-13-24(30)28(2)25(21)22-16-27-29(18-22)17-19-9-5-4-6-10-19/h4-12,16,18,21,25-26H,3,13-15,17H2,1-2H3/t21-,25+/m0/s1. The first kappa shape index (κ1) is 21.1. The predicted molar refractivity (Wildman–Crippen MR) is 121 cm³/mol. The summed E-state index contributed by atoms with van der Waals surface area (Å²) in [5, 5.41) is 8.10. The molecule has 2 heterocycles. The number of hydrogen-bond donors (Lipinski definition) is 1. The zero-order chi connectivity index (χ0) is 21.6. The van der Waals surface area contributed by atoms with Crippen molar-refractivity contribution in [1.82, 2.24) is 20.0 Å². The van der Waals surface area contributed by atoms with Crippen LogP contribution in [-0.2, 0) is 17.9 Å². The minimum absolute atomic E-state index is 0.0339. The molecule has 1 N–H and O–H groups in total. The first-order valence-corrected chi connectivity index (χ1v) is 10.9. The SMILES string of the molecule is CCOc1ccccc1CNC[C@@H]1CC(=O)N(C)[C@H]1c1cnn(Cc2ccccc2)c1. The van der Waals surface area contributed by atoms with Crippen molar-refractivity contribution in [2.45, 2.75) is 32.5 Å². The van der Waals surface area contributed by atoms with Crippen LogP contribution in [0.25, 0.3) is 0 Å². The molecule has 31 heavy (non-hydrogen) atoms. The van der Waals surface area contributed by atoms with E-state index in [0.717, 1.165) is 30.0 Å². The minimum Gasteiger partial charge on any atom is -0.494 e. The highest BCUT2D eigenvalue weighted by Gasteiger charge is 2.38. The van der Waals surface area contributed by atoms with Crippen molar-refractivity contribution in [2.75, 3.05) is 20.2 Å². The van der Waals surface area contributed by atoms with Gasteiger partial charge in [-0.3, -0.25) is 9.48 Å². The lowest BCUT2D eigenvalue weighted by molar-refractivity contribution is -0.127. The van der Waals surface area contributed by atoms with Crippen molar-refractivity contribution >= 4 is 5.91 Å². The molecular formula is C25H30N4O2. The fourth-order valence-corrected chi connectivity index (χ4v) is 4.36. The number of nitrogens with zero attached hydrogens (tertiary/aromatic N) is 3. The summed E-state index contributed by atoms with van der Waals surface area (Å²) in [6.07, 6.45) is 4.52. The third-order valence-corrected chi connectivity index (χ3v) is 5.87. The number of benzene rings is 2. The smallest absolute Gasteiger partial charge is 0.223 e. The molecule has 1 fully saturated rings. The van der Waals surface area contributed by atoms with Crippen molar-refractivity contribution in [3.8, 4) is 5.75 Å². The molecule has 0 unspecified atom stereocenters. The Kier molecular flexibility index (Phi) is 6.67. The summed E-state index contributed by atoms with van der Waals surface area (Å²) in [5.74, 6) is 1.30. The van der Waals surface area contributed by atoms with E-state index in [9.17, 15) is 4.79 Å². The Hall–Kier alpha value is -3.12. The minimum atomic E-state index is 0.0339. The maximum Gasteiger partial charge on any atom is 0.223 e. The van der Waals surface area contributed by atoms with Crippen LogP contribution in [-0.4, -0.2) is 40.8 Å². The van der Waals surface area contributed by atoms with Gasteiger partial charge in [-0.1, -0.05) is 48.5 Å². The van der Waals surface area contributed by atoms with E-state index in [2.05, 4.69) is 34.8 Å². The van der Waals surface area contributed by atoms with Crippen LogP contribution in [0.4, 0.5) is 0 Å². The largest absolute Gasteiger partial charge is 0.494 e. The molecule has 162 valence electrons. The summed E-state index contributed by atoms with van der Waals surface area (Å²) in [6, 6.07) is 18.4. The van der Waals surface area contributed by atoms with E-state index < -0.39 is 0 Å². The molecule has 0 spiro atoms. The molecule has 2 aromatic carbocycles. The first-order valence-electron chi connectivity index (χ1n) is 10.9. The van der Waals surface area contributed by atoms with Crippen molar-refractivity contribution in [3.63, 3.8) is 0 Å². The second-order valence-electron chi connectivity index (χ2n) is 8.04. The summed E-state index contributed by atoms with van der Waals surface area (Å²) >= 11 is 0. The number of amides is 1. The van der Waals surface area contributed by atoms with Crippen LogP contribution in [0.1, 0.15) is 36.1 Å². The molecule has 6 nitrogen and oxygen atoms in total. The Balaban J connectivity index is 1.42. The van der Waals surface area contributed by atoms with Gasteiger partial charge in [0.2, 0.25) is 5.91 Å². The molecule has 1 aliphatic heterocycles. The van der Waals surface area contributed by atoms with E-state index in [1.54, 1.807) is 0 Å². The highest BCUT2D eigenvalue weighted by atomic mass is 16.5. The number of ether oxygens (including phenoxy) is 1. The Morgan fingerprint density at radius 2 is 1.90 bits per heavy atom. The lowest BCUT2D eigenvalue weighted by atomic mass is 9.95. The van der Waals surface area contributed by atoms with Crippen LogP contribution < -0.4 is 10.1 Å². The molecule has 0 aliphatic carbocycles. The topological polar surface area (TPSA) is 59.4 Å². The van der Waals surface area contributed by atoms with Crippen LogP contribution in [0.3, 0.4) is 0 Å². The van der Waals surface area contributed by atoms with E-state index in [-0.39, 0.29) is 17.9 Å². The van der Waals surface area contributed by atoms with Crippen molar-refractivity contribution in [2.24, 2.45) is 5.92 Å². The van der Waals surface area contributed by atoms with Gasteiger partial charge in [-0.25, -0.2) is 0 Å². The predicted octanol–water partition coefficient (Wildman–Crippen LogP) is 3.64. The van der Waals surface area contributed by atoms with Gasteiger partial charge in [0.15, 0.2) is 0 Å². The molecule has 0 saturated carbocycles. The molecule has 1 saturated heterocycles. The number of aromatic nitrogens is 2. The first-order chi connectivity index (χ1) is 15.2. The van der Waals surface area contributed by atoms with Crippen molar-refractivity contribution in [1.29, 1.82) is 0 Å². The highest BCUT2D eigenvalue weighted by molar-refractivity contribution is 5.79. The maximum atomic E-state index is 12.5. The van der Waals surface area contributed by atoms with E-state index in [1.165, 1.54) is 5.56 Å². The molecule has 1 amide bonds. The van der Waals surface area contributed by atoms with Crippen LogP contribution in [0.15, 0.2) is 67.0 Å². The molecule has 1 aromatic heterocycles. The molecule has 0 radical (unpaired) electrons. The number of likely N-dealkylation sites (tertiary alicyclic amines) is 1. The summed E-state index contributed by atoms with van der Waals surface area (Å²) in [7, 11) is 1.89. The van der Waals surface area contributed by atoms with E-state index >= 15 is 0 Å². The molecule has 1 aliphatic rings. The van der Waals surface area contributed by atoms with Crippen LogP contribution >= 0.6 is 0 Å². The summed E-state index contributed by atoms with van der Waals surface area (Å²) < 4.78 is 7.67. The van der Waals surface area contributed by atoms with Gasteiger partial charge in [0.25, 0.3) is 0 Å². The molecule has 0 bridgehead atoms. The Morgan fingerprint density at radius 3 is 2.71 bits per heavy atom. The van der Waals surface area contributed by atoms with Gasteiger partial charge >= 0.3 is 0 Å². The second-order valence-corrected chi connectivity index (χ2v) is 8.04. The molecule has 4 rings (SSSR count). The zero-order valence-electron chi connectivity index (χ0n) is 18.2. The Labute approximate surface area is 183 Å². The summed E-state index contributed by atoms with van der Waals surface area (Å²) in [4.78, 5) is 14.4. The average molecular weight is 419 g/mol. The number of hydrogen-bond acceptors (Lipinski definition) is 4. The van der Waals surface area contributed by atoms with Crippen LogP contribution in [0.5, 0.6) is 5.75 Å². The van der Waals surface area contributed by atoms with Gasteiger partial charge in [0.1, 0.15) is 5.75 Å². The van der Waals surface area contributed by atoms with Crippen LogP contribution in [0, 0.1) is 5.92 Å². The maximum absolute atomic E-state index is 12.5.